The van der Waals surface area contributed by atoms with E-state index in [2.05, 4.69) is 4.90 Å². The average molecular weight is 312 g/mol. The molecule has 6 heteroatoms. The first kappa shape index (κ1) is 19.0. The second-order valence-electron chi connectivity index (χ2n) is 5.44. The van der Waals surface area contributed by atoms with Gasteiger partial charge in [0.15, 0.2) is 0 Å². The highest BCUT2D eigenvalue weighted by Gasteiger charge is 2.26. The van der Waals surface area contributed by atoms with Gasteiger partial charge in [-0.15, -0.1) is 24.8 Å². The number of halogens is 2. The Hall–Kier alpha value is -0.0300. The van der Waals surface area contributed by atoms with Crippen molar-refractivity contribution >= 4 is 30.7 Å². The molecule has 0 aliphatic carbocycles. The maximum Gasteiger partial charge on any atom is 0.239 e. The second-order valence-corrected chi connectivity index (χ2v) is 5.44. The van der Waals surface area contributed by atoms with Gasteiger partial charge in [-0.25, -0.2) is 0 Å². The number of carbonyl (C=O) groups excluding carboxylic acids is 1. The van der Waals surface area contributed by atoms with E-state index < -0.39 is 0 Å². The zero-order chi connectivity index (χ0) is 12.3. The molecule has 4 nitrogen and oxygen atoms in total. The standard InChI is InChI=1S/C13H25N3O.2ClH/c1-11(14)13(17)16-9-4-5-12(6-10-16)15-7-2-3-8-15;;/h11-12H,2-10,14H2,1H3;2*1H/t11-,12?;;/m1../s1. The van der Waals surface area contributed by atoms with Crippen LogP contribution in [0.25, 0.3) is 0 Å². The van der Waals surface area contributed by atoms with E-state index in [1.165, 1.54) is 32.4 Å². The number of hydrogen-bond acceptors (Lipinski definition) is 3. The van der Waals surface area contributed by atoms with Crippen LogP contribution in [0.4, 0.5) is 0 Å². The molecule has 0 spiro atoms. The van der Waals surface area contributed by atoms with Crippen LogP contribution in [0.1, 0.15) is 39.0 Å². The number of amides is 1. The van der Waals surface area contributed by atoms with E-state index in [4.69, 9.17) is 5.73 Å². The molecular formula is C13H27Cl2N3O. The average Bonchev–Trinajstić information content (AvgIpc) is 2.73. The smallest absolute Gasteiger partial charge is 0.239 e. The van der Waals surface area contributed by atoms with Crippen molar-refractivity contribution in [3.8, 4) is 0 Å². The lowest BCUT2D eigenvalue weighted by atomic mass is 10.1. The first-order valence-corrected chi connectivity index (χ1v) is 6.97. The fraction of sp³-hybridized carbons (Fsp3) is 0.923. The van der Waals surface area contributed by atoms with Crippen LogP contribution in [0.5, 0.6) is 0 Å². The van der Waals surface area contributed by atoms with Crippen molar-refractivity contribution in [2.45, 2.75) is 51.1 Å². The van der Waals surface area contributed by atoms with Crippen molar-refractivity contribution < 1.29 is 4.79 Å². The molecule has 2 aliphatic rings. The summed E-state index contributed by atoms with van der Waals surface area (Å²) in [4.78, 5) is 16.4. The van der Waals surface area contributed by atoms with Gasteiger partial charge in [0.25, 0.3) is 0 Å². The molecule has 2 saturated heterocycles. The zero-order valence-corrected chi connectivity index (χ0v) is 13.3. The Kier molecular flexibility index (Phi) is 8.99. The van der Waals surface area contributed by atoms with E-state index in [9.17, 15) is 4.79 Å². The molecule has 2 aliphatic heterocycles. The summed E-state index contributed by atoms with van der Waals surface area (Å²) >= 11 is 0. The van der Waals surface area contributed by atoms with Gasteiger partial charge in [-0.1, -0.05) is 0 Å². The first-order valence-electron chi connectivity index (χ1n) is 6.97. The predicted octanol–water partition coefficient (Wildman–Crippen LogP) is 1.65. The molecule has 0 radical (unpaired) electrons. The fourth-order valence-corrected chi connectivity index (χ4v) is 3.06. The minimum atomic E-state index is -0.349. The number of carbonyl (C=O) groups is 1. The third-order valence-electron chi connectivity index (χ3n) is 4.06. The largest absolute Gasteiger partial charge is 0.341 e. The third kappa shape index (κ3) is 5.10. The molecule has 0 aromatic heterocycles. The number of rotatable bonds is 2. The van der Waals surface area contributed by atoms with Crippen LogP contribution in [-0.2, 0) is 4.79 Å². The molecule has 0 aromatic carbocycles. The Labute approximate surface area is 128 Å². The maximum atomic E-state index is 11.9. The van der Waals surface area contributed by atoms with E-state index in [-0.39, 0.29) is 36.8 Å². The molecule has 0 aromatic rings. The van der Waals surface area contributed by atoms with Gasteiger partial charge in [0, 0.05) is 19.1 Å². The summed E-state index contributed by atoms with van der Waals surface area (Å²) in [5, 5.41) is 0. The van der Waals surface area contributed by atoms with Gasteiger partial charge >= 0.3 is 0 Å². The topological polar surface area (TPSA) is 49.6 Å². The fourth-order valence-electron chi connectivity index (χ4n) is 3.06. The molecule has 19 heavy (non-hydrogen) atoms. The zero-order valence-electron chi connectivity index (χ0n) is 11.7. The van der Waals surface area contributed by atoms with Gasteiger partial charge in [0.1, 0.15) is 0 Å². The Morgan fingerprint density at radius 1 is 1.05 bits per heavy atom. The van der Waals surface area contributed by atoms with Crippen LogP contribution >= 0.6 is 24.8 Å². The van der Waals surface area contributed by atoms with Crippen molar-refractivity contribution in [1.29, 1.82) is 0 Å². The SMILES string of the molecule is C[C@@H](N)C(=O)N1CCCC(N2CCCC2)CC1.Cl.Cl. The summed E-state index contributed by atoms with van der Waals surface area (Å²) in [5.74, 6) is 0.118. The molecule has 1 unspecified atom stereocenters. The summed E-state index contributed by atoms with van der Waals surface area (Å²) < 4.78 is 0. The monoisotopic (exact) mass is 311 g/mol. The second kappa shape index (κ2) is 9.01. The maximum absolute atomic E-state index is 11.9. The van der Waals surface area contributed by atoms with Crippen molar-refractivity contribution in [3.05, 3.63) is 0 Å². The molecule has 2 rings (SSSR count). The molecule has 2 atom stereocenters. The summed E-state index contributed by atoms with van der Waals surface area (Å²) in [6.45, 7) is 6.08. The van der Waals surface area contributed by atoms with Crippen molar-refractivity contribution in [2.24, 2.45) is 5.73 Å². The summed E-state index contributed by atoms with van der Waals surface area (Å²) in [5.41, 5.74) is 5.67. The minimum absolute atomic E-state index is 0. The molecule has 0 bridgehead atoms. The van der Waals surface area contributed by atoms with Gasteiger partial charge in [0.05, 0.1) is 6.04 Å². The van der Waals surface area contributed by atoms with Crippen molar-refractivity contribution in [3.63, 3.8) is 0 Å². The normalized spacial score (nSPS) is 26.0. The Morgan fingerprint density at radius 3 is 2.26 bits per heavy atom. The first-order chi connectivity index (χ1) is 8.18. The number of likely N-dealkylation sites (tertiary alicyclic amines) is 2. The van der Waals surface area contributed by atoms with Crippen molar-refractivity contribution in [1.82, 2.24) is 9.80 Å². The lowest BCUT2D eigenvalue weighted by Gasteiger charge is -2.26. The lowest BCUT2D eigenvalue weighted by molar-refractivity contribution is -0.132. The van der Waals surface area contributed by atoms with Gasteiger partial charge in [-0.2, -0.15) is 0 Å². The molecule has 2 N–H and O–H groups in total. The van der Waals surface area contributed by atoms with Crippen LogP contribution in [0.2, 0.25) is 0 Å². The van der Waals surface area contributed by atoms with Gasteiger partial charge in [-0.3, -0.25) is 4.79 Å². The van der Waals surface area contributed by atoms with Crippen LogP contribution < -0.4 is 5.73 Å². The Balaban J connectivity index is 0.00000162. The van der Waals surface area contributed by atoms with Crippen LogP contribution in [0, 0.1) is 0 Å². The van der Waals surface area contributed by atoms with Gasteiger partial charge < -0.3 is 15.5 Å². The van der Waals surface area contributed by atoms with E-state index in [0.717, 1.165) is 25.9 Å². The Bertz CT molecular complexity index is 271. The van der Waals surface area contributed by atoms with Crippen LogP contribution in [0.15, 0.2) is 0 Å². The molecular weight excluding hydrogens is 285 g/mol. The molecule has 2 heterocycles. The highest BCUT2D eigenvalue weighted by molar-refractivity contribution is 5.85. The summed E-state index contributed by atoms with van der Waals surface area (Å²) in [6, 6.07) is 0.349. The van der Waals surface area contributed by atoms with E-state index in [1.807, 2.05) is 4.90 Å². The highest BCUT2D eigenvalue weighted by atomic mass is 35.5. The molecule has 1 amide bonds. The van der Waals surface area contributed by atoms with Crippen LogP contribution in [-0.4, -0.2) is 54.0 Å². The number of nitrogens with two attached hydrogens (primary N) is 1. The van der Waals surface area contributed by atoms with E-state index in [1.54, 1.807) is 6.92 Å². The lowest BCUT2D eigenvalue weighted by Crippen LogP contribution is -2.43. The molecule has 114 valence electrons. The van der Waals surface area contributed by atoms with E-state index >= 15 is 0 Å². The summed E-state index contributed by atoms with van der Waals surface area (Å²) in [6.07, 6.45) is 6.18. The Morgan fingerprint density at radius 2 is 1.68 bits per heavy atom. The third-order valence-corrected chi connectivity index (χ3v) is 4.06. The van der Waals surface area contributed by atoms with Crippen LogP contribution in [0.3, 0.4) is 0 Å². The van der Waals surface area contributed by atoms with Crippen molar-refractivity contribution in [2.75, 3.05) is 26.2 Å². The van der Waals surface area contributed by atoms with E-state index in [0.29, 0.717) is 6.04 Å². The van der Waals surface area contributed by atoms with Gasteiger partial charge in [-0.05, 0) is 52.1 Å². The number of nitrogens with zero attached hydrogens (tertiary/aromatic N) is 2. The molecule has 2 fully saturated rings. The highest BCUT2D eigenvalue weighted by Crippen LogP contribution is 2.21. The quantitative estimate of drug-likeness (QED) is 0.843. The number of hydrogen-bond donors (Lipinski definition) is 1. The van der Waals surface area contributed by atoms with Gasteiger partial charge in [0.2, 0.25) is 5.91 Å². The summed E-state index contributed by atoms with van der Waals surface area (Å²) in [7, 11) is 0. The molecule has 0 saturated carbocycles. The minimum Gasteiger partial charge on any atom is -0.341 e. The predicted molar refractivity (Wildman–Crippen MR) is 83.2 cm³/mol.